The van der Waals surface area contributed by atoms with Crippen LogP contribution in [0.15, 0.2) is 164 Å². The highest BCUT2D eigenvalue weighted by atomic mass is 15.0. The third-order valence-electron chi connectivity index (χ3n) is 10.7. The fourth-order valence-corrected chi connectivity index (χ4v) is 8.20. The lowest BCUT2D eigenvalue weighted by atomic mass is 9.82. The number of aromatic nitrogens is 3. The smallest absolute Gasteiger partial charge is 0.164 e. The van der Waals surface area contributed by atoms with Crippen molar-refractivity contribution in [2.75, 3.05) is 0 Å². The van der Waals surface area contributed by atoms with E-state index in [-0.39, 0.29) is 5.41 Å². The summed E-state index contributed by atoms with van der Waals surface area (Å²) in [6.07, 6.45) is 0. The zero-order valence-electron chi connectivity index (χ0n) is 28.4. The zero-order chi connectivity index (χ0) is 34.1. The number of hydrogen-bond acceptors (Lipinski definition) is 3. The minimum atomic E-state index is -0.0478. The van der Waals surface area contributed by atoms with Crippen LogP contribution in [0.3, 0.4) is 0 Å². The fraction of sp³-hybridized carbons (Fsp3) is 0.0625. The van der Waals surface area contributed by atoms with Gasteiger partial charge in [0.05, 0.1) is 0 Å². The molecule has 0 saturated carbocycles. The van der Waals surface area contributed by atoms with Gasteiger partial charge in [0.15, 0.2) is 17.5 Å². The van der Waals surface area contributed by atoms with E-state index < -0.39 is 0 Å². The highest BCUT2D eigenvalue weighted by Gasteiger charge is 2.36. The minimum Gasteiger partial charge on any atom is -0.208 e. The van der Waals surface area contributed by atoms with Crippen molar-refractivity contribution in [3.63, 3.8) is 0 Å². The summed E-state index contributed by atoms with van der Waals surface area (Å²) in [5.74, 6) is 1.98. The summed E-state index contributed by atoms with van der Waals surface area (Å²) in [5, 5.41) is 7.33. The molecule has 3 heteroatoms. The minimum absolute atomic E-state index is 0.0478. The van der Waals surface area contributed by atoms with Crippen molar-refractivity contribution in [3.05, 3.63) is 175 Å². The van der Waals surface area contributed by atoms with Crippen LogP contribution in [0, 0.1) is 0 Å². The summed E-state index contributed by atoms with van der Waals surface area (Å²) in [7, 11) is 0. The van der Waals surface area contributed by atoms with Crippen LogP contribution in [0.25, 0.3) is 88.7 Å². The van der Waals surface area contributed by atoms with Gasteiger partial charge in [0, 0.05) is 22.1 Å². The maximum Gasteiger partial charge on any atom is 0.164 e. The molecule has 0 saturated heterocycles. The van der Waals surface area contributed by atoms with E-state index in [2.05, 4.69) is 117 Å². The molecule has 1 aliphatic rings. The summed E-state index contributed by atoms with van der Waals surface area (Å²) in [5.41, 5.74) is 10.8. The van der Waals surface area contributed by atoms with E-state index in [0.29, 0.717) is 17.5 Å². The van der Waals surface area contributed by atoms with Crippen molar-refractivity contribution in [3.8, 4) is 56.4 Å². The second-order valence-corrected chi connectivity index (χ2v) is 14.0. The van der Waals surface area contributed by atoms with Gasteiger partial charge < -0.3 is 0 Å². The van der Waals surface area contributed by atoms with Gasteiger partial charge in [0.1, 0.15) is 0 Å². The lowest BCUT2D eigenvalue weighted by molar-refractivity contribution is 0.660. The summed E-state index contributed by atoms with van der Waals surface area (Å²) >= 11 is 0. The van der Waals surface area contributed by atoms with Gasteiger partial charge in [-0.2, -0.15) is 0 Å². The number of fused-ring (bicyclic) bond motifs is 9. The van der Waals surface area contributed by atoms with Crippen LogP contribution in [0.4, 0.5) is 0 Å². The maximum atomic E-state index is 5.04. The van der Waals surface area contributed by atoms with Crippen LogP contribution in [0.2, 0.25) is 0 Å². The summed E-state index contributed by atoms with van der Waals surface area (Å²) < 4.78 is 0. The molecule has 0 N–H and O–H groups in total. The van der Waals surface area contributed by atoms with Gasteiger partial charge >= 0.3 is 0 Å². The molecule has 10 rings (SSSR count). The van der Waals surface area contributed by atoms with Crippen LogP contribution in [-0.2, 0) is 5.41 Å². The Morgan fingerprint density at radius 2 is 0.784 bits per heavy atom. The number of hydrogen-bond donors (Lipinski definition) is 0. The first-order valence-corrected chi connectivity index (χ1v) is 17.5. The Morgan fingerprint density at radius 1 is 0.333 bits per heavy atom. The van der Waals surface area contributed by atoms with Crippen LogP contribution in [0.1, 0.15) is 25.0 Å². The highest BCUT2D eigenvalue weighted by molar-refractivity contribution is 6.26. The van der Waals surface area contributed by atoms with Gasteiger partial charge in [0.25, 0.3) is 0 Å². The van der Waals surface area contributed by atoms with E-state index in [9.17, 15) is 0 Å². The monoisotopic (exact) mass is 651 g/mol. The number of rotatable bonds is 4. The summed E-state index contributed by atoms with van der Waals surface area (Å²) in [6, 6.07) is 58.5. The molecule has 0 bridgehead atoms. The predicted octanol–water partition coefficient (Wildman–Crippen LogP) is 12.3. The lowest BCUT2D eigenvalue weighted by Crippen LogP contribution is -2.14. The average Bonchev–Trinajstić information content (AvgIpc) is 3.44. The molecule has 1 heterocycles. The third-order valence-corrected chi connectivity index (χ3v) is 10.7. The van der Waals surface area contributed by atoms with Crippen molar-refractivity contribution in [2.45, 2.75) is 19.3 Å². The average molecular weight is 652 g/mol. The van der Waals surface area contributed by atoms with Crippen molar-refractivity contribution in [1.29, 1.82) is 0 Å². The zero-order valence-corrected chi connectivity index (χ0v) is 28.4. The van der Waals surface area contributed by atoms with Crippen molar-refractivity contribution < 1.29 is 0 Å². The molecule has 1 aromatic heterocycles. The first-order valence-electron chi connectivity index (χ1n) is 17.5. The van der Waals surface area contributed by atoms with Crippen LogP contribution in [-0.4, -0.2) is 15.0 Å². The second kappa shape index (κ2) is 11.3. The van der Waals surface area contributed by atoms with Crippen molar-refractivity contribution in [1.82, 2.24) is 15.0 Å². The fourth-order valence-electron chi connectivity index (χ4n) is 8.20. The molecular formula is C48H33N3. The van der Waals surface area contributed by atoms with Crippen LogP contribution < -0.4 is 0 Å². The molecule has 0 fully saturated rings. The van der Waals surface area contributed by atoms with Crippen molar-refractivity contribution in [2.24, 2.45) is 0 Å². The molecule has 0 aliphatic heterocycles. The summed E-state index contributed by atoms with van der Waals surface area (Å²) in [4.78, 5) is 15.0. The Hall–Kier alpha value is -6.45. The van der Waals surface area contributed by atoms with Gasteiger partial charge in [-0.1, -0.05) is 166 Å². The van der Waals surface area contributed by atoms with Gasteiger partial charge in [-0.3, -0.25) is 0 Å². The molecule has 0 atom stereocenters. The Morgan fingerprint density at radius 3 is 1.45 bits per heavy atom. The molecule has 0 radical (unpaired) electrons. The Kier molecular flexibility index (Phi) is 6.53. The van der Waals surface area contributed by atoms with E-state index in [1.54, 1.807) is 0 Å². The highest BCUT2D eigenvalue weighted by Crippen LogP contribution is 2.52. The largest absolute Gasteiger partial charge is 0.208 e. The molecule has 51 heavy (non-hydrogen) atoms. The molecule has 0 unspecified atom stereocenters. The predicted molar refractivity (Wildman–Crippen MR) is 212 cm³/mol. The Balaban J connectivity index is 1.20. The molecule has 0 spiro atoms. The molecule has 9 aromatic rings. The van der Waals surface area contributed by atoms with Crippen LogP contribution >= 0.6 is 0 Å². The standard InChI is InChI=1S/C48H33N3/c1-48(2)42-22-12-11-20-39(42)44-34(21-13-23-43(44)48)32-24-26-38-40(28-32)36-19-10-9-18-35(36)37-27-25-33(29-41(37)38)47-50-45(30-14-5-3-6-15-30)49-46(51-47)31-16-7-4-8-17-31/h3-29H,1-2H3. The SMILES string of the molecule is CC1(C)c2ccccc2-c2c(-c3ccc4c5cc(-c6nc(-c7ccccc7)nc(-c7ccccc7)n6)ccc5c5ccccc5c4c3)cccc21. The number of nitrogens with zero attached hydrogens (tertiary/aromatic N) is 3. The number of benzene rings is 8. The summed E-state index contributed by atoms with van der Waals surface area (Å²) in [6.45, 7) is 4.69. The molecule has 1 aliphatic carbocycles. The molecule has 0 amide bonds. The van der Waals surface area contributed by atoms with Crippen LogP contribution in [0.5, 0.6) is 0 Å². The van der Waals surface area contributed by atoms with Gasteiger partial charge in [-0.05, 0) is 77.8 Å². The van der Waals surface area contributed by atoms with E-state index in [4.69, 9.17) is 15.0 Å². The van der Waals surface area contributed by atoms with Gasteiger partial charge in [-0.15, -0.1) is 0 Å². The normalized spacial score (nSPS) is 13.1. The third kappa shape index (κ3) is 4.62. The van der Waals surface area contributed by atoms with Crippen molar-refractivity contribution >= 4 is 32.3 Å². The lowest BCUT2D eigenvalue weighted by Gasteiger charge is -2.21. The Labute approximate surface area is 297 Å². The first-order chi connectivity index (χ1) is 25.0. The quantitative estimate of drug-likeness (QED) is 0.178. The van der Waals surface area contributed by atoms with E-state index in [0.717, 1.165) is 16.7 Å². The Bertz CT molecular complexity index is 2760. The van der Waals surface area contributed by atoms with Gasteiger partial charge in [0.2, 0.25) is 0 Å². The molecule has 3 nitrogen and oxygen atoms in total. The molecular weight excluding hydrogens is 619 g/mol. The van der Waals surface area contributed by atoms with E-state index >= 15 is 0 Å². The van der Waals surface area contributed by atoms with E-state index in [1.165, 1.54) is 65.7 Å². The molecule has 8 aromatic carbocycles. The van der Waals surface area contributed by atoms with Gasteiger partial charge in [-0.25, -0.2) is 15.0 Å². The second-order valence-electron chi connectivity index (χ2n) is 14.0. The molecule has 240 valence electrons. The van der Waals surface area contributed by atoms with E-state index in [1.807, 2.05) is 60.7 Å². The maximum absolute atomic E-state index is 5.04. The topological polar surface area (TPSA) is 38.7 Å². The first kappa shape index (κ1) is 29.5.